The normalized spacial score (nSPS) is 12.2. The summed E-state index contributed by atoms with van der Waals surface area (Å²) in [5, 5.41) is 3.17. The number of rotatable bonds is 9. The summed E-state index contributed by atoms with van der Waals surface area (Å²) in [7, 11) is -2.09. The van der Waals surface area contributed by atoms with E-state index in [0.717, 1.165) is 21.9 Å². The maximum atomic E-state index is 12.4. The van der Waals surface area contributed by atoms with E-state index in [4.69, 9.17) is 21.1 Å². The Morgan fingerprint density at radius 1 is 1.17 bits per heavy atom. The predicted octanol–water partition coefficient (Wildman–Crippen LogP) is 3.01. The van der Waals surface area contributed by atoms with Crippen molar-refractivity contribution in [1.29, 1.82) is 0 Å². The number of aryl methyl sites for hydroxylation is 1. The first-order valence-electron chi connectivity index (χ1n) is 8.90. The molecule has 2 aromatic carbocycles. The summed E-state index contributed by atoms with van der Waals surface area (Å²) in [5.41, 5.74) is 1.15. The number of hydrogen-bond donors (Lipinski definition) is 1. The Morgan fingerprint density at radius 3 is 2.34 bits per heavy atom. The second-order valence-electron chi connectivity index (χ2n) is 6.66. The highest BCUT2D eigenvalue weighted by Gasteiger charge is 2.22. The molecule has 1 unspecified atom stereocenters. The van der Waals surface area contributed by atoms with Crippen molar-refractivity contribution in [2.45, 2.75) is 19.9 Å². The summed E-state index contributed by atoms with van der Waals surface area (Å²) >= 11 is 6.10. The van der Waals surface area contributed by atoms with Gasteiger partial charge >= 0.3 is 0 Å². The van der Waals surface area contributed by atoms with Crippen LogP contribution in [-0.2, 0) is 14.8 Å². The van der Waals surface area contributed by atoms with Crippen LogP contribution in [0.5, 0.6) is 11.5 Å². The third-order valence-electron chi connectivity index (χ3n) is 4.10. The van der Waals surface area contributed by atoms with Gasteiger partial charge in [0.25, 0.3) is 0 Å². The molecule has 0 bridgehead atoms. The van der Waals surface area contributed by atoms with Crippen molar-refractivity contribution in [2.75, 3.05) is 30.8 Å². The topological polar surface area (TPSA) is 84.9 Å². The molecule has 0 spiro atoms. The zero-order valence-electron chi connectivity index (χ0n) is 16.8. The lowest BCUT2D eigenvalue weighted by Gasteiger charge is -2.23. The Labute approximate surface area is 176 Å². The van der Waals surface area contributed by atoms with Crippen LogP contribution in [0.2, 0.25) is 5.02 Å². The van der Waals surface area contributed by atoms with Crippen LogP contribution in [0.25, 0.3) is 0 Å². The fraction of sp³-hybridized carbons (Fsp3) is 0.350. The molecule has 0 radical (unpaired) electrons. The third kappa shape index (κ3) is 6.83. The van der Waals surface area contributed by atoms with E-state index in [1.54, 1.807) is 50.4 Å². The van der Waals surface area contributed by atoms with Gasteiger partial charge in [-0.3, -0.25) is 9.10 Å². The Kier molecular flexibility index (Phi) is 7.75. The van der Waals surface area contributed by atoms with Crippen LogP contribution in [-0.4, -0.2) is 46.9 Å². The second kappa shape index (κ2) is 9.84. The van der Waals surface area contributed by atoms with Gasteiger partial charge in [0.15, 0.2) is 0 Å². The largest absolute Gasteiger partial charge is 0.497 e. The molecule has 0 heterocycles. The van der Waals surface area contributed by atoms with E-state index in [0.29, 0.717) is 16.5 Å². The summed E-state index contributed by atoms with van der Waals surface area (Å²) in [6.45, 7) is 3.46. The maximum absolute atomic E-state index is 12.4. The fourth-order valence-electron chi connectivity index (χ4n) is 2.52. The van der Waals surface area contributed by atoms with Crippen molar-refractivity contribution in [2.24, 2.45) is 0 Å². The number of ether oxygens (including phenoxy) is 2. The number of sulfonamides is 1. The van der Waals surface area contributed by atoms with Gasteiger partial charge in [-0.15, -0.1) is 0 Å². The SMILES string of the molecule is COc1ccc(OCC(C)NC(=O)CN(c2ccc(C)c(Cl)c2)S(C)(=O)=O)cc1. The van der Waals surface area contributed by atoms with Crippen molar-refractivity contribution in [3.05, 3.63) is 53.1 Å². The van der Waals surface area contributed by atoms with Crippen LogP contribution in [0.1, 0.15) is 12.5 Å². The average molecular weight is 441 g/mol. The van der Waals surface area contributed by atoms with Gasteiger partial charge in [-0.25, -0.2) is 8.42 Å². The average Bonchev–Trinajstić information content (AvgIpc) is 2.66. The zero-order valence-corrected chi connectivity index (χ0v) is 18.4. The van der Waals surface area contributed by atoms with Crippen LogP contribution in [0.4, 0.5) is 5.69 Å². The van der Waals surface area contributed by atoms with Crippen LogP contribution in [0.3, 0.4) is 0 Å². The highest BCUT2D eigenvalue weighted by atomic mass is 35.5. The monoisotopic (exact) mass is 440 g/mol. The molecule has 0 saturated carbocycles. The first-order chi connectivity index (χ1) is 13.6. The summed E-state index contributed by atoms with van der Waals surface area (Å²) in [6, 6.07) is 11.6. The van der Waals surface area contributed by atoms with Crippen LogP contribution in [0, 0.1) is 6.92 Å². The summed E-state index contributed by atoms with van der Waals surface area (Å²) in [4.78, 5) is 12.4. The number of hydrogen-bond acceptors (Lipinski definition) is 5. The minimum Gasteiger partial charge on any atom is -0.497 e. The van der Waals surface area contributed by atoms with Crippen molar-refractivity contribution in [3.63, 3.8) is 0 Å². The van der Waals surface area contributed by atoms with Crippen molar-refractivity contribution < 1.29 is 22.7 Å². The summed E-state index contributed by atoms with van der Waals surface area (Å²) < 4.78 is 36.1. The predicted molar refractivity (Wildman–Crippen MR) is 114 cm³/mol. The quantitative estimate of drug-likeness (QED) is 0.647. The number of carbonyl (C=O) groups is 1. The molecule has 1 amide bonds. The number of nitrogens with one attached hydrogen (secondary N) is 1. The summed E-state index contributed by atoms with van der Waals surface area (Å²) in [6.07, 6.45) is 1.05. The Bertz CT molecular complexity index is 948. The molecule has 1 atom stereocenters. The molecule has 7 nitrogen and oxygen atoms in total. The van der Waals surface area contributed by atoms with E-state index in [1.165, 1.54) is 6.07 Å². The number of amides is 1. The number of carbonyl (C=O) groups excluding carboxylic acids is 1. The standard InChI is InChI=1S/C20H25ClN2O5S/c1-14-5-6-16(11-19(14)21)23(29(4,25)26)12-20(24)22-15(2)13-28-18-9-7-17(27-3)8-10-18/h5-11,15H,12-13H2,1-4H3,(H,22,24). The van der Waals surface area contributed by atoms with Crippen molar-refractivity contribution in [3.8, 4) is 11.5 Å². The molecule has 0 aliphatic carbocycles. The summed E-state index contributed by atoms with van der Waals surface area (Å²) in [5.74, 6) is 0.910. The molecular formula is C20H25ClN2O5S. The second-order valence-corrected chi connectivity index (χ2v) is 8.97. The Morgan fingerprint density at radius 2 is 1.79 bits per heavy atom. The molecule has 1 N–H and O–H groups in total. The molecule has 0 saturated heterocycles. The van der Waals surface area contributed by atoms with E-state index >= 15 is 0 Å². The molecule has 2 rings (SSSR count). The Balaban J connectivity index is 1.97. The number of anilines is 1. The third-order valence-corrected chi connectivity index (χ3v) is 5.65. The van der Waals surface area contributed by atoms with Crippen LogP contribution >= 0.6 is 11.6 Å². The van der Waals surface area contributed by atoms with Gasteiger partial charge in [0.05, 0.1) is 25.1 Å². The maximum Gasteiger partial charge on any atom is 0.241 e. The smallest absolute Gasteiger partial charge is 0.241 e. The Hall–Kier alpha value is -2.45. The highest BCUT2D eigenvalue weighted by Crippen LogP contribution is 2.24. The van der Waals surface area contributed by atoms with E-state index in [1.807, 2.05) is 6.92 Å². The zero-order chi connectivity index (χ0) is 21.6. The minimum atomic E-state index is -3.67. The molecule has 29 heavy (non-hydrogen) atoms. The van der Waals surface area contributed by atoms with Gasteiger partial charge in [-0.2, -0.15) is 0 Å². The van der Waals surface area contributed by atoms with Gasteiger partial charge in [0.2, 0.25) is 15.9 Å². The lowest BCUT2D eigenvalue weighted by molar-refractivity contribution is -0.120. The molecule has 9 heteroatoms. The van der Waals surface area contributed by atoms with Gasteiger partial charge in [-0.05, 0) is 55.8 Å². The van der Waals surface area contributed by atoms with Gasteiger partial charge in [-0.1, -0.05) is 17.7 Å². The number of halogens is 1. The number of nitrogens with zero attached hydrogens (tertiary/aromatic N) is 1. The molecule has 0 aliphatic rings. The van der Waals surface area contributed by atoms with Gasteiger partial charge in [0.1, 0.15) is 24.7 Å². The molecule has 0 fully saturated rings. The van der Waals surface area contributed by atoms with E-state index in [9.17, 15) is 13.2 Å². The molecule has 158 valence electrons. The molecule has 0 aromatic heterocycles. The van der Waals surface area contributed by atoms with Crippen LogP contribution in [0.15, 0.2) is 42.5 Å². The minimum absolute atomic E-state index is 0.229. The lowest BCUT2D eigenvalue weighted by Crippen LogP contribution is -2.44. The van der Waals surface area contributed by atoms with Crippen molar-refractivity contribution in [1.82, 2.24) is 5.32 Å². The fourth-order valence-corrected chi connectivity index (χ4v) is 3.55. The first kappa shape index (κ1) is 22.8. The number of methoxy groups -OCH3 is 1. The molecule has 0 aliphatic heterocycles. The van der Waals surface area contributed by atoms with E-state index < -0.39 is 15.9 Å². The van der Waals surface area contributed by atoms with Gasteiger partial charge < -0.3 is 14.8 Å². The molecular weight excluding hydrogens is 416 g/mol. The van der Waals surface area contributed by atoms with Crippen LogP contribution < -0.4 is 19.1 Å². The molecule has 2 aromatic rings. The van der Waals surface area contributed by atoms with Crippen molar-refractivity contribution >= 4 is 33.2 Å². The van der Waals surface area contributed by atoms with E-state index in [-0.39, 0.29) is 19.2 Å². The lowest BCUT2D eigenvalue weighted by atomic mass is 10.2. The number of benzene rings is 2. The highest BCUT2D eigenvalue weighted by molar-refractivity contribution is 7.92. The first-order valence-corrected chi connectivity index (χ1v) is 11.1. The van der Waals surface area contributed by atoms with Gasteiger partial charge in [0, 0.05) is 5.02 Å². The van der Waals surface area contributed by atoms with E-state index in [2.05, 4.69) is 5.32 Å².